The second-order valence-corrected chi connectivity index (χ2v) is 9.78. The van der Waals surface area contributed by atoms with Crippen molar-refractivity contribution in [3.05, 3.63) is 65.2 Å². The largest absolute Gasteiger partial charge is 0.384 e. The number of amides is 1. The minimum Gasteiger partial charge on any atom is -0.384 e. The Labute approximate surface area is 193 Å². The number of hydrogen-bond acceptors (Lipinski definition) is 7. The lowest BCUT2D eigenvalue weighted by Crippen LogP contribution is -2.23. The Bertz CT molecular complexity index is 1260. The molecule has 10 heteroatoms. The maximum atomic E-state index is 12.2. The van der Waals surface area contributed by atoms with Gasteiger partial charge < -0.3 is 10.2 Å². The first-order chi connectivity index (χ1) is 15.5. The van der Waals surface area contributed by atoms with Gasteiger partial charge in [0.25, 0.3) is 10.0 Å². The van der Waals surface area contributed by atoms with E-state index in [1.165, 1.54) is 35.2 Å². The monoisotopic (exact) mass is 471 g/mol. The van der Waals surface area contributed by atoms with E-state index < -0.39 is 10.0 Å². The van der Waals surface area contributed by atoms with Gasteiger partial charge in [0.05, 0.1) is 16.5 Å². The number of aromatic nitrogens is 1. The van der Waals surface area contributed by atoms with Crippen LogP contribution in [0.3, 0.4) is 0 Å². The zero-order valence-corrected chi connectivity index (χ0v) is 18.7. The molecule has 1 aromatic heterocycles. The first-order valence-electron chi connectivity index (χ1n) is 10.1. The fourth-order valence-corrected chi connectivity index (χ4v) is 5.41. The third-order valence-electron chi connectivity index (χ3n) is 5.17. The summed E-state index contributed by atoms with van der Waals surface area (Å²) in [5, 5.41) is 14.0. The summed E-state index contributed by atoms with van der Waals surface area (Å²) in [6, 6.07) is 14.3. The molecule has 1 saturated heterocycles. The fourth-order valence-electron chi connectivity index (χ4n) is 3.62. The number of nitrogens with zero attached hydrogens (tertiary/aromatic N) is 3. The SMILES string of the molecule is N#Cc1cccc2c1CCN2.O=C1CCCN1c1ccc(S(=O)(=O)Nc2nccs2)cc1.[HH].[HH]. The van der Waals surface area contributed by atoms with Crippen LogP contribution in [0.5, 0.6) is 0 Å². The van der Waals surface area contributed by atoms with Crippen molar-refractivity contribution in [2.45, 2.75) is 24.2 Å². The van der Waals surface area contributed by atoms with Crippen LogP contribution in [0.2, 0.25) is 0 Å². The summed E-state index contributed by atoms with van der Waals surface area (Å²) in [5.41, 5.74) is 3.84. The number of carbonyl (C=O) groups excluding carboxylic acids is 1. The molecule has 0 bridgehead atoms. The Morgan fingerprint density at radius 2 is 2.00 bits per heavy atom. The summed E-state index contributed by atoms with van der Waals surface area (Å²) in [5.74, 6) is 0.0755. The molecule has 2 N–H and O–H groups in total. The van der Waals surface area contributed by atoms with Crippen LogP contribution < -0.4 is 14.9 Å². The van der Waals surface area contributed by atoms with E-state index in [-0.39, 0.29) is 13.7 Å². The van der Waals surface area contributed by atoms with Gasteiger partial charge in [0.2, 0.25) is 5.91 Å². The van der Waals surface area contributed by atoms with E-state index >= 15 is 0 Å². The van der Waals surface area contributed by atoms with Gasteiger partial charge in [-0.05, 0) is 54.8 Å². The summed E-state index contributed by atoms with van der Waals surface area (Å²) < 4.78 is 26.8. The molecule has 0 saturated carbocycles. The van der Waals surface area contributed by atoms with Gasteiger partial charge in [0.1, 0.15) is 0 Å². The number of thiazole rings is 1. The van der Waals surface area contributed by atoms with E-state index in [1.54, 1.807) is 22.4 Å². The standard InChI is InChI=1S/C13H13N3O3S2.C9H8N2.2H2/c17-12-2-1-8-16(12)10-3-5-11(6-4-10)21(18,19)15-13-14-7-9-20-13;10-6-7-2-1-3-9-8(7)4-5-11-9;;/h3-7,9H,1-2,8H2,(H,14,15);1-3,11H,4-5H2;2*1H. The van der Waals surface area contributed by atoms with Crippen LogP contribution in [-0.2, 0) is 21.2 Å². The number of sulfonamides is 1. The number of hydrogen-bond donors (Lipinski definition) is 2. The molecule has 1 fully saturated rings. The molecule has 168 valence electrons. The second kappa shape index (κ2) is 9.38. The molecule has 2 aliphatic rings. The highest BCUT2D eigenvalue weighted by molar-refractivity contribution is 7.93. The van der Waals surface area contributed by atoms with Gasteiger partial charge in [-0.2, -0.15) is 5.26 Å². The normalized spacial score (nSPS) is 14.7. The predicted octanol–water partition coefficient (Wildman–Crippen LogP) is 4.09. The average Bonchev–Trinajstić information content (AvgIpc) is 3.56. The van der Waals surface area contributed by atoms with Crippen molar-refractivity contribution in [3.8, 4) is 6.07 Å². The third-order valence-corrected chi connectivity index (χ3v) is 7.35. The first-order valence-corrected chi connectivity index (χ1v) is 12.4. The quantitative estimate of drug-likeness (QED) is 0.592. The summed E-state index contributed by atoms with van der Waals surface area (Å²) in [4.78, 5) is 17.4. The van der Waals surface area contributed by atoms with Crippen molar-refractivity contribution >= 4 is 43.8 Å². The Kier molecular flexibility index (Phi) is 6.39. The smallest absolute Gasteiger partial charge is 0.263 e. The van der Waals surface area contributed by atoms with Crippen LogP contribution in [0, 0.1) is 11.3 Å². The van der Waals surface area contributed by atoms with Crippen LogP contribution in [-0.4, -0.2) is 32.4 Å². The Morgan fingerprint density at radius 1 is 1.19 bits per heavy atom. The number of fused-ring (bicyclic) bond motifs is 1. The van der Waals surface area contributed by atoms with Gasteiger partial charge in [-0.25, -0.2) is 13.4 Å². The first kappa shape index (κ1) is 21.8. The zero-order valence-electron chi connectivity index (χ0n) is 17.1. The highest BCUT2D eigenvalue weighted by Crippen LogP contribution is 2.25. The van der Waals surface area contributed by atoms with Gasteiger partial charge in [-0.15, -0.1) is 11.3 Å². The summed E-state index contributed by atoms with van der Waals surface area (Å²) in [7, 11) is -3.64. The molecule has 2 aromatic carbocycles. The lowest BCUT2D eigenvalue weighted by atomic mass is 10.1. The molecule has 3 heterocycles. The number of rotatable bonds is 4. The summed E-state index contributed by atoms with van der Waals surface area (Å²) >= 11 is 1.21. The van der Waals surface area contributed by atoms with Crippen molar-refractivity contribution in [1.29, 1.82) is 5.26 Å². The van der Waals surface area contributed by atoms with Crippen molar-refractivity contribution in [1.82, 2.24) is 4.98 Å². The van der Waals surface area contributed by atoms with Crippen molar-refractivity contribution in [2.75, 3.05) is 28.0 Å². The van der Waals surface area contributed by atoms with Crippen molar-refractivity contribution in [2.24, 2.45) is 0 Å². The number of anilines is 3. The van der Waals surface area contributed by atoms with Crippen molar-refractivity contribution < 1.29 is 16.1 Å². The molecule has 1 amide bonds. The second-order valence-electron chi connectivity index (χ2n) is 7.21. The minimum atomic E-state index is -3.64. The lowest BCUT2D eigenvalue weighted by Gasteiger charge is -2.16. The van der Waals surface area contributed by atoms with Crippen LogP contribution in [0.4, 0.5) is 16.5 Å². The molecular weight excluding hydrogens is 446 g/mol. The maximum Gasteiger partial charge on any atom is 0.263 e. The Balaban J connectivity index is 0.000000267. The maximum absolute atomic E-state index is 12.2. The molecule has 0 aliphatic carbocycles. The van der Waals surface area contributed by atoms with Crippen LogP contribution in [0.1, 0.15) is 26.8 Å². The molecular formula is C22H25N5O3S2. The van der Waals surface area contributed by atoms with Crippen molar-refractivity contribution in [3.63, 3.8) is 0 Å². The molecule has 0 atom stereocenters. The Hall–Kier alpha value is -3.42. The highest BCUT2D eigenvalue weighted by Gasteiger charge is 2.22. The summed E-state index contributed by atoms with van der Waals surface area (Å²) in [6.07, 6.45) is 3.90. The highest BCUT2D eigenvalue weighted by atomic mass is 32.2. The fraction of sp³-hybridized carbons (Fsp3) is 0.227. The van der Waals surface area contributed by atoms with E-state index in [0.29, 0.717) is 18.1 Å². The van der Waals surface area contributed by atoms with Gasteiger partial charge in [-0.3, -0.25) is 9.52 Å². The lowest BCUT2D eigenvalue weighted by molar-refractivity contribution is -0.117. The van der Waals surface area contributed by atoms with Gasteiger partial charge in [0.15, 0.2) is 5.13 Å². The van der Waals surface area contributed by atoms with Crippen LogP contribution in [0.15, 0.2) is 58.9 Å². The minimum absolute atomic E-state index is 0. The molecule has 0 radical (unpaired) electrons. The molecule has 0 spiro atoms. The van der Waals surface area contributed by atoms with E-state index in [0.717, 1.165) is 36.3 Å². The summed E-state index contributed by atoms with van der Waals surface area (Å²) in [6.45, 7) is 1.65. The van der Waals surface area contributed by atoms with E-state index in [4.69, 9.17) is 5.26 Å². The molecule has 5 rings (SSSR count). The van der Waals surface area contributed by atoms with E-state index in [2.05, 4.69) is 21.1 Å². The Morgan fingerprint density at radius 3 is 2.66 bits per heavy atom. The van der Waals surface area contributed by atoms with Crippen LogP contribution in [0.25, 0.3) is 0 Å². The molecule has 2 aliphatic heterocycles. The molecule has 8 nitrogen and oxygen atoms in total. The predicted molar refractivity (Wildman–Crippen MR) is 129 cm³/mol. The van der Waals surface area contributed by atoms with Gasteiger partial charge >= 0.3 is 0 Å². The molecule has 3 aromatic rings. The van der Waals surface area contributed by atoms with E-state index in [1.807, 2.05) is 18.2 Å². The number of carbonyl (C=O) groups is 1. The van der Waals surface area contributed by atoms with Gasteiger partial charge in [-0.1, -0.05) is 6.07 Å². The van der Waals surface area contributed by atoms with Gasteiger partial charge in [0, 0.05) is 45.3 Å². The number of nitriles is 1. The number of benzene rings is 2. The average molecular weight is 472 g/mol. The zero-order chi connectivity index (χ0) is 22.6. The molecule has 0 unspecified atom stereocenters. The van der Waals surface area contributed by atoms with E-state index in [9.17, 15) is 13.2 Å². The molecule has 32 heavy (non-hydrogen) atoms. The third kappa shape index (κ3) is 4.74. The topological polar surface area (TPSA) is 115 Å². The number of nitrogens with one attached hydrogen (secondary N) is 2. The van der Waals surface area contributed by atoms with Crippen LogP contribution >= 0.6 is 11.3 Å².